The molecule has 0 saturated carbocycles. The average molecular weight is 348 g/mol. The Labute approximate surface area is 152 Å². The molecule has 0 spiro atoms. The summed E-state index contributed by atoms with van der Waals surface area (Å²) in [6, 6.07) is 13.9. The lowest BCUT2D eigenvalue weighted by Gasteiger charge is -2.36. The molecule has 1 saturated heterocycles. The molecule has 132 valence electrons. The van der Waals surface area contributed by atoms with Crippen LogP contribution in [0.2, 0.25) is 0 Å². The predicted octanol–water partition coefficient (Wildman–Crippen LogP) is 2.60. The molecular weight excluding hydrogens is 328 g/mol. The van der Waals surface area contributed by atoms with Gasteiger partial charge in [0, 0.05) is 29.8 Å². The van der Waals surface area contributed by atoms with Gasteiger partial charge in [-0.05, 0) is 31.9 Å². The number of hydrogen-bond acceptors (Lipinski definition) is 4. The van der Waals surface area contributed by atoms with E-state index in [1.165, 1.54) is 0 Å². The number of Topliss-reactive ketones (excluding diaryl/α,β-unsaturated/α-hetero) is 2. The molecule has 0 aromatic heterocycles. The fourth-order valence-electron chi connectivity index (χ4n) is 3.85. The van der Waals surface area contributed by atoms with E-state index in [-0.39, 0.29) is 11.6 Å². The standard InChI is InChI=1S/C21H20N2O3/c1-14-8-10-15(11-9-14)20(26)22-21(23-12-4-5-13-23)18(24)16-6-2-3-7-17(16)19(21)25/h2-3,6-11H,4-5,12-13H2,1H3,(H,22,26). The summed E-state index contributed by atoms with van der Waals surface area (Å²) in [7, 11) is 0. The molecule has 1 aliphatic heterocycles. The second kappa shape index (κ2) is 6.18. The summed E-state index contributed by atoms with van der Waals surface area (Å²) in [6.45, 7) is 3.16. The first-order valence-corrected chi connectivity index (χ1v) is 8.87. The van der Waals surface area contributed by atoms with Crippen molar-refractivity contribution in [3.05, 3.63) is 70.8 Å². The summed E-state index contributed by atoms with van der Waals surface area (Å²) in [4.78, 5) is 41.2. The number of benzene rings is 2. The molecule has 1 heterocycles. The minimum absolute atomic E-state index is 0.333. The Balaban J connectivity index is 1.76. The van der Waals surface area contributed by atoms with Crippen molar-refractivity contribution >= 4 is 17.5 Å². The Bertz CT molecular complexity index is 861. The highest BCUT2D eigenvalue weighted by atomic mass is 16.2. The van der Waals surface area contributed by atoms with Gasteiger partial charge in [-0.3, -0.25) is 19.3 Å². The molecular formula is C21H20N2O3. The highest BCUT2D eigenvalue weighted by Gasteiger charge is 2.58. The largest absolute Gasteiger partial charge is 0.320 e. The molecule has 1 fully saturated rings. The van der Waals surface area contributed by atoms with Crippen molar-refractivity contribution in [2.75, 3.05) is 13.1 Å². The number of nitrogens with one attached hydrogen (secondary N) is 1. The molecule has 0 bridgehead atoms. The third-order valence-electron chi connectivity index (χ3n) is 5.26. The van der Waals surface area contributed by atoms with E-state index >= 15 is 0 Å². The van der Waals surface area contributed by atoms with E-state index in [1.807, 2.05) is 24.0 Å². The first-order valence-electron chi connectivity index (χ1n) is 8.87. The number of ketones is 2. The summed E-state index contributed by atoms with van der Waals surface area (Å²) < 4.78 is 0. The number of fused-ring (bicyclic) bond motifs is 1. The van der Waals surface area contributed by atoms with Gasteiger partial charge in [0.2, 0.25) is 17.2 Å². The Morgan fingerprint density at radius 3 is 2.00 bits per heavy atom. The van der Waals surface area contributed by atoms with Crippen LogP contribution >= 0.6 is 0 Å². The molecule has 0 radical (unpaired) electrons. The van der Waals surface area contributed by atoms with E-state index in [4.69, 9.17) is 0 Å². The SMILES string of the molecule is Cc1ccc(C(=O)NC2(N3CCCC3)C(=O)c3ccccc3C2=O)cc1. The van der Waals surface area contributed by atoms with Crippen molar-refractivity contribution < 1.29 is 14.4 Å². The highest BCUT2D eigenvalue weighted by molar-refractivity contribution is 6.33. The van der Waals surface area contributed by atoms with Crippen LogP contribution in [0.4, 0.5) is 0 Å². The van der Waals surface area contributed by atoms with Gasteiger partial charge in [-0.2, -0.15) is 0 Å². The predicted molar refractivity (Wildman–Crippen MR) is 97.3 cm³/mol. The second-order valence-corrected chi connectivity index (χ2v) is 6.93. The van der Waals surface area contributed by atoms with Gasteiger partial charge in [0.1, 0.15) is 0 Å². The van der Waals surface area contributed by atoms with E-state index in [1.54, 1.807) is 36.4 Å². The molecule has 2 aromatic rings. The third kappa shape index (κ3) is 2.39. The monoisotopic (exact) mass is 348 g/mol. The van der Waals surface area contributed by atoms with E-state index < -0.39 is 11.6 Å². The number of carbonyl (C=O) groups is 3. The lowest BCUT2D eigenvalue weighted by molar-refractivity contribution is 0.0420. The zero-order valence-electron chi connectivity index (χ0n) is 14.6. The topological polar surface area (TPSA) is 66.5 Å². The molecule has 0 atom stereocenters. The number of amides is 1. The maximum absolute atomic E-state index is 13.3. The fourth-order valence-corrected chi connectivity index (χ4v) is 3.85. The fraction of sp³-hybridized carbons (Fsp3) is 0.286. The summed E-state index contributed by atoms with van der Waals surface area (Å²) in [5, 5.41) is 2.80. The lowest BCUT2D eigenvalue weighted by atomic mass is 10.0. The van der Waals surface area contributed by atoms with E-state index in [9.17, 15) is 14.4 Å². The van der Waals surface area contributed by atoms with Gasteiger partial charge in [0.25, 0.3) is 5.91 Å². The Kier molecular flexibility index (Phi) is 3.96. The van der Waals surface area contributed by atoms with Gasteiger partial charge in [-0.25, -0.2) is 0 Å². The van der Waals surface area contributed by atoms with Gasteiger partial charge in [-0.15, -0.1) is 0 Å². The van der Waals surface area contributed by atoms with Crippen molar-refractivity contribution in [2.45, 2.75) is 25.4 Å². The van der Waals surface area contributed by atoms with Crippen LogP contribution in [-0.2, 0) is 0 Å². The molecule has 5 nitrogen and oxygen atoms in total. The first kappa shape index (κ1) is 16.7. The van der Waals surface area contributed by atoms with Crippen LogP contribution in [0.25, 0.3) is 0 Å². The number of nitrogens with zero attached hydrogens (tertiary/aromatic N) is 1. The molecule has 0 unspecified atom stereocenters. The maximum Gasteiger partial charge on any atom is 0.253 e. The summed E-state index contributed by atoms with van der Waals surface area (Å²) in [5.41, 5.74) is 0.617. The van der Waals surface area contributed by atoms with Crippen molar-refractivity contribution in [1.82, 2.24) is 10.2 Å². The number of hydrogen-bond donors (Lipinski definition) is 1. The summed E-state index contributed by atoms with van der Waals surface area (Å²) in [6.07, 6.45) is 1.80. The van der Waals surface area contributed by atoms with Crippen molar-refractivity contribution in [1.29, 1.82) is 0 Å². The maximum atomic E-state index is 13.3. The second-order valence-electron chi connectivity index (χ2n) is 6.93. The zero-order valence-corrected chi connectivity index (χ0v) is 14.6. The number of aryl methyl sites for hydroxylation is 1. The van der Waals surface area contributed by atoms with E-state index in [0.717, 1.165) is 18.4 Å². The minimum Gasteiger partial charge on any atom is -0.320 e. The van der Waals surface area contributed by atoms with Crippen LogP contribution in [0.5, 0.6) is 0 Å². The van der Waals surface area contributed by atoms with E-state index in [0.29, 0.717) is 29.8 Å². The smallest absolute Gasteiger partial charge is 0.253 e. The number of carbonyl (C=O) groups excluding carboxylic acids is 3. The van der Waals surface area contributed by atoms with Gasteiger partial charge >= 0.3 is 0 Å². The van der Waals surface area contributed by atoms with E-state index in [2.05, 4.69) is 5.32 Å². The van der Waals surface area contributed by atoms with Crippen molar-refractivity contribution in [3.63, 3.8) is 0 Å². The highest BCUT2D eigenvalue weighted by Crippen LogP contribution is 2.35. The summed E-state index contributed by atoms with van der Waals surface area (Å²) in [5.74, 6) is -1.08. The van der Waals surface area contributed by atoms with Crippen LogP contribution in [0, 0.1) is 6.92 Å². The van der Waals surface area contributed by atoms with Gasteiger partial charge in [-0.1, -0.05) is 42.0 Å². The van der Waals surface area contributed by atoms with Crippen LogP contribution in [0.1, 0.15) is 49.5 Å². The number of likely N-dealkylation sites (tertiary alicyclic amines) is 1. The molecule has 2 aliphatic rings. The van der Waals surface area contributed by atoms with Crippen LogP contribution in [0.3, 0.4) is 0 Å². The van der Waals surface area contributed by atoms with Gasteiger partial charge in [0.05, 0.1) is 0 Å². The van der Waals surface area contributed by atoms with Crippen molar-refractivity contribution in [3.8, 4) is 0 Å². The molecule has 2 aromatic carbocycles. The van der Waals surface area contributed by atoms with Crippen LogP contribution in [0.15, 0.2) is 48.5 Å². The quantitative estimate of drug-likeness (QED) is 0.866. The Hall–Kier alpha value is -2.79. The Morgan fingerprint density at radius 2 is 1.46 bits per heavy atom. The summed E-state index contributed by atoms with van der Waals surface area (Å²) >= 11 is 0. The first-order chi connectivity index (χ1) is 12.5. The lowest BCUT2D eigenvalue weighted by Crippen LogP contribution is -2.66. The molecule has 1 aliphatic carbocycles. The number of rotatable bonds is 3. The van der Waals surface area contributed by atoms with Crippen LogP contribution < -0.4 is 5.32 Å². The minimum atomic E-state index is -1.62. The van der Waals surface area contributed by atoms with Gasteiger partial charge < -0.3 is 5.32 Å². The van der Waals surface area contributed by atoms with Crippen molar-refractivity contribution in [2.24, 2.45) is 0 Å². The Morgan fingerprint density at radius 1 is 0.923 bits per heavy atom. The zero-order chi connectivity index (χ0) is 18.3. The molecule has 1 N–H and O–H groups in total. The third-order valence-corrected chi connectivity index (χ3v) is 5.26. The molecule has 5 heteroatoms. The molecule has 1 amide bonds. The van der Waals surface area contributed by atoms with Gasteiger partial charge in [0.15, 0.2) is 0 Å². The molecule has 4 rings (SSSR count). The molecule has 26 heavy (non-hydrogen) atoms. The normalized spacial score (nSPS) is 18.8. The van der Waals surface area contributed by atoms with Crippen LogP contribution in [-0.4, -0.2) is 41.1 Å². The average Bonchev–Trinajstić information content (AvgIpc) is 3.26.